The number of benzene rings is 2. The van der Waals surface area contributed by atoms with E-state index < -0.39 is 11.9 Å². The number of carbonyl (C=O) groups is 1. The van der Waals surface area contributed by atoms with Crippen LogP contribution in [0, 0.1) is 5.82 Å². The van der Waals surface area contributed by atoms with Crippen LogP contribution in [-0.2, 0) is 0 Å². The molecule has 0 fully saturated rings. The standard InChI is InChI=1S/C16H14FN3O2/c17-12-3-1-2-10(6-12)15(21)8-18-16(22)11-4-5-13-14(7-11)20-9-19-13/h1-7,9,15,21H,8H2,(H,18,22)(H,19,20). The highest BCUT2D eigenvalue weighted by Gasteiger charge is 2.12. The first-order valence-corrected chi connectivity index (χ1v) is 6.78. The van der Waals surface area contributed by atoms with E-state index in [0.717, 1.165) is 11.0 Å². The summed E-state index contributed by atoms with van der Waals surface area (Å²) >= 11 is 0. The molecule has 0 radical (unpaired) electrons. The van der Waals surface area contributed by atoms with E-state index >= 15 is 0 Å². The summed E-state index contributed by atoms with van der Waals surface area (Å²) in [6.07, 6.45) is 0.593. The second-order valence-electron chi connectivity index (χ2n) is 4.92. The average Bonchev–Trinajstić information content (AvgIpc) is 2.99. The minimum atomic E-state index is -0.962. The number of amides is 1. The van der Waals surface area contributed by atoms with Gasteiger partial charge in [-0.1, -0.05) is 12.1 Å². The smallest absolute Gasteiger partial charge is 0.251 e. The van der Waals surface area contributed by atoms with Crippen LogP contribution in [0.5, 0.6) is 0 Å². The zero-order chi connectivity index (χ0) is 15.5. The Morgan fingerprint density at radius 2 is 2.18 bits per heavy atom. The molecule has 3 rings (SSSR count). The number of halogens is 1. The summed E-state index contributed by atoms with van der Waals surface area (Å²) in [5.74, 6) is -0.737. The molecule has 6 heteroatoms. The lowest BCUT2D eigenvalue weighted by molar-refractivity contribution is 0.0916. The van der Waals surface area contributed by atoms with Gasteiger partial charge in [0.1, 0.15) is 5.82 Å². The summed E-state index contributed by atoms with van der Waals surface area (Å²) in [7, 11) is 0. The van der Waals surface area contributed by atoms with Gasteiger partial charge in [-0.2, -0.15) is 0 Å². The van der Waals surface area contributed by atoms with Crippen molar-refractivity contribution in [3.63, 3.8) is 0 Å². The van der Waals surface area contributed by atoms with Gasteiger partial charge in [-0.3, -0.25) is 4.79 Å². The van der Waals surface area contributed by atoms with E-state index in [4.69, 9.17) is 0 Å². The number of aromatic nitrogens is 2. The fourth-order valence-electron chi connectivity index (χ4n) is 2.20. The van der Waals surface area contributed by atoms with Gasteiger partial charge in [0.05, 0.1) is 23.5 Å². The Labute approximate surface area is 125 Å². The number of carbonyl (C=O) groups excluding carboxylic acids is 1. The SMILES string of the molecule is O=C(NCC(O)c1cccc(F)c1)c1ccc2nc[nH]c2c1. The van der Waals surface area contributed by atoms with Crippen molar-refractivity contribution >= 4 is 16.9 Å². The molecule has 0 aliphatic heterocycles. The topological polar surface area (TPSA) is 78.0 Å². The molecule has 0 aliphatic rings. The van der Waals surface area contributed by atoms with Crippen molar-refractivity contribution in [3.05, 3.63) is 65.7 Å². The number of imidazole rings is 1. The van der Waals surface area contributed by atoms with Gasteiger partial charge >= 0.3 is 0 Å². The summed E-state index contributed by atoms with van der Waals surface area (Å²) in [6, 6.07) is 10.8. The Bertz CT molecular complexity index is 816. The van der Waals surface area contributed by atoms with Crippen LogP contribution in [0.15, 0.2) is 48.8 Å². The van der Waals surface area contributed by atoms with Gasteiger partial charge in [0.25, 0.3) is 5.91 Å². The Morgan fingerprint density at radius 1 is 1.32 bits per heavy atom. The zero-order valence-corrected chi connectivity index (χ0v) is 11.6. The molecular weight excluding hydrogens is 285 g/mol. The van der Waals surface area contributed by atoms with Crippen molar-refractivity contribution in [1.29, 1.82) is 0 Å². The van der Waals surface area contributed by atoms with Crippen LogP contribution in [0.2, 0.25) is 0 Å². The van der Waals surface area contributed by atoms with Gasteiger partial charge < -0.3 is 15.4 Å². The number of hydrogen-bond acceptors (Lipinski definition) is 3. The van der Waals surface area contributed by atoms with E-state index in [1.54, 1.807) is 30.6 Å². The number of fused-ring (bicyclic) bond motifs is 1. The normalized spacial score (nSPS) is 12.3. The molecular formula is C16H14FN3O2. The number of H-pyrrole nitrogens is 1. The van der Waals surface area contributed by atoms with Gasteiger partial charge in [0, 0.05) is 12.1 Å². The highest BCUT2D eigenvalue weighted by Crippen LogP contribution is 2.14. The van der Waals surface area contributed by atoms with E-state index in [0.29, 0.717) is 11.1 Å². The van der Waals surface area contributed by atoms with Crippen LogP contribution in [0.3, 0.4) is 0 Å². The fraction of sp³-hybridized carbons (Fsp3) is 0.125. The number of aliphatic hydroxyl groups excluding tert-OH is 1. The molecule has 0 saturated heterocycles. The van der Waals surface area contributed by atoms with E-state index in [9.17, 15) is 14.3 Å². The number of rotatable bonds is 4. The minimum absolute atomic E-state index is 0.00327. The summed E-state index contributed by atoms with van der Waals surface area (Å²) in [5.41, 5.74) is 2.42. The molecule has 3 N–H and O–H groups in total. The number of hydrogen-bond donors (Lipinski definition) is 3. The van der Waals surface area contributed by atoms with Gasteiger partial charge in [-0.25, -0.2) is 9.37 Å². The van der Waals surface area contributed by atoms with E-state index in [-0.39, 0.29) is 12.5 Å². The quantitative estimate of drug-likeness (QED) is 0.691. The van der Waals surface area contributed by atoms with E-state index in [2.05, 4.69) is 15.3 Å². The summed E-state index contributed by atoms with van der Waals surface area (Å²) in [5, 5.41) is 12.6. The predicted octanol–water partition coefficient (Wildman–Crippen LogP) is 2.17. The Balaban J connectivity index is 1.66. The molecule has 3 aromatic rings. The van der Waals surface area contributed by atoms with Crippen molar-refractivity contribution in [3.8, 4) is 0 Å². The van der Waals surface area contributed by atoms with Crippen LogP contribution in [0.4, 0.5) is 4.39 Å². The zero-order valence-electron chi connectivity index (χ0n) is 11.6. The molecule has 1 heterocycles. The third-order valence-corrected chi connectivity index (χ3v) is 3.37. The number of aromatic amines is 1. The molecule has 0 spiro atoms. The summed E-state index contributed by atoms with van der Waals surface area (Å²) in [6.45, 7) is 0.00327. The molecule has 2 aromatic carbocycles. The highest BCUT2D eigenvalue weighted by atomic mass is 19.1. The van der Waals surface area contributed by atoms with Crippen molar-refractivity contribution in [2.45, 2.75) is 6.10 Å². The Morgan fingerprint density at radius 3 is 3.00 bits per heavy atom. The monoisotopic (exact) mass is 299 g/mol. The molecule has 1 aromatic heterocycles. The maximum atomic E-state index is 13.1. The van der Waals surface area contributed by atoms with Crippen LogP contribution in [-0.4, -0.2) is 27.5 Å². The molecule has 0 aliphatic carbocycles. The van der Waals surface area contributed by atoms with Crippen LogP contribution < -0.4 is 5.32 Å². The largest absolute Gasteiger partial charge is 0.387 e. The predicted molar refractivity (Wildman–Crippen MR) is 79.8 cm³/mol. The average molecular weight is 299 g/mol. The first kappa shape index (κ1) is 14.2. The van der Waals surface area contributed by atoms with E-state index in [1.807, 2.05) is 0 Å². The highest BCUT2D eigenvalue weighted by molar-refractivity contribution is 5.97. The first-order valence-electron chi connectivity index (χ1n) is 6.78. The van der Waals surface area contributed by atoms with Crippen molar-refractivity contribution in [2.75, 3.05) is 6.54 Å². The number of aliphatic hydroxyl groups is 1. The van der Waals surface area contributed by atoms with Crippen molar-refractivity contribution in [2.24, 2.45) is 0 Å². The number of nitrogens with zero attached hydrogens (tertiary/aromatic N) is 1. The number of nitrogens with one attached hydrogen (secondary N) is 2. The first-order chi connectivity index (χ1) is 10.6. The van der Waals surface area contributed by atoms with Gasteiger partial charge in [-0.15, -0.1) is 0 Å². The maximum Gasteiger partial charge on any atom is 0.251 e. The van der Waals surface area contributed by atoms with Crippen LogP contribution in [0.1, 0.15) is 22.0 Å². The van der Waals surface area contributed by atoms with Crippen LogP contribution in [0.25, 0.3) is 11.0 Å². The summed E-state index contributed by atoms with van der Waals surface area (Å²) < 4.78 is 13.1. The fourth-order valence-corrected chi connectivity index (χ4v) is 2.20. The lowest BCUT2D eigenvalue weighted by atomic mass is 10.1. The molecule has 112 valence electrons. The third-order valence-electron chi connectivity index (χ3n) is 3.37. The molecule has 5 nitrogen and oxygen atoms in total. The second-order valence-corrected chi connectivity index (χ2v) is 4.92. The van der Waals surface area contributed by atoms with Crippen LogP contribution >= 0.6 is 0 Å². The lowest BCUT2D eigenvalue weighted by Crippen LogP contribution is -2.28. The second kappa shape index (κ2) is 5.95. The van der Waals surface area contributed by atoms with Gasteiger partial charge in [0.2, 0.25) is 0 Å². The van der Waals surface area contributed by atoms with E-state index in [1.165, 1.54) is 18.2 Å². The van der Waals surface area contributed by atoms with Gasteiger partial charge in [-0.05, 0) is 35.9 Å². The van der Waals surface area contributed by atoms with Gasteiger partial charge in [0.15, 0.2) is 0 Å². The molecule has 0 saturated carbocycles. The Hall–Kier alpha value is -2.73. The molecule has 1 atom stereocenters. The minimum Gasteiger partial charge on any atom is -0.387 e. The molecule has 0 bridgehead atoms. The summed E-state index contributed by atoms with van der Waals surface area (Å²) in [4.78, 5) is 19.1. The molecule has 22 heavy (non-hydrogen) atoms. The molecule has 1 amide bonds. The van der Waals surface area contributed by atoms with Crippen molar-refractivity contribution < 1.29 is 14.3 Å². The maximum absolute atomic E-state index is 13.1. The lowest BCUT2D eigenvalue weighted by Gasteiger charge is -2.12. The Kier molecular flexibility index (Phi) is 3.84. The molecule has 1 unspecified atom stereocenters. The van der Waals surface area contributed by atoms with Crippen molar-refractivity contribution in [1.82, 2.24) is 15.3 Å². The third kappa shape index (κ3) is 2.96.